The molecule has 0 saturated carbocycles. The van der Waals surface area contributed by atoms with E-state index in [-0.39, 0.29) is 11.3 Å². The molecule has 4 aromatic rings. The van der Waals surface area contributed by atoms with Gasteiger partial charge in [0.15, 0.2) is 0 Å². The molecule has 3 heterocycles. The monoisotopic (exact) mass is 437 g/mol. The maximum atomic E-state index is 14.1. The van der Waals surface area contributed by atoms with E-state index in [0.717, 1.165) is 52.9 Å². The number of aryl methyl sites for hydroxylation is 5. The fourth-order valence-electron chi connectivity index (χ4n) is 4.92. The predicted octanol–water partition coefficient (Wildman–Crippen LogP) is 4.61. The zero-order valence-electron chi connectivity index (χ0n) is 18.6. The van der Waals surface area contributed by atoms with Crippen molar-refractivity contribution in [3.63, 3.8) is 0 Å². The molecule has 0 aliphatic carbocycles. The van der Waals surface area contributed by atoms with E-state index in [1.165, 1.54) is 0 Å². The maximum absolute atomic E-state index is 14.1. The van der Waals surface area contributed by atoms with Gasteiger partial charge in [0.25, 0.3) is 6.43 Å². The van der Waals surface area contributed by atoms with Crippen LogP contribution in [0.3, 0.4) is 0 Å². The van der Waals surface area contributed by atoms with Gasteiger partial charge >= 0.3 is 5.69 Å². The number of anilines is 2. The van der Waals surface area contributed by atoms with Crippen LogP contribution in [0.25, 0.3) is 22.2 Å². The van der Waals surface area contributed by atoms with Gasteiger partial charge in [0, 0.05) is 56.4 Å². The Labute approximate surface area is 184 Å². The van der Waals surface area contributed by atoms with E-state index in [2.05, 4.69) is 10.00 Å². The number of aromatic nitrogens is 4. The van der Waals surface area contributed by atoms with Crippen LogP contribution in [0.15, 0.2) is 41.5 Å². The lowest BCUT2D eigenvalue weighted by molar-refractivity contribution is 0.152. The summed E-state index contributed by atoms with van der Waals surface area (Å²) in [4.78, 5) is 14.5. The summed E-state index contributed by atoms with van der Waals surface area (Å²) in [6.45, 7) is 2.71. The second-order valence-corrected chi connectivity index (χ2v) is 8.56. The standard InChI is InChI=1S/C24H25F2N5O/c1-14-8-17(10-21-22(14)30(4)24(32)29(21)3)31-7-5-6-15-9-18(16-12-27-28(2)13-16)19(23(25)26)11-20(15)31/h8-13,23H,5-7H2,1-4H3. The molecule has 0 saturated heterocycles. The summed E-state index contributed by atoms with van der Waals surface area (Å²) in [5.74, 6) is 0. The zero-order chi connectivity index (χ0) is 22.7. The topological polar surface area (TPSA) is 48.0 Å². The minimum Gasteiger partial charge on any atom is -0.341 e. The number of halogens is 2. The van der Waals surface area contributed by atoms with Gasteiger partial charge in [0.2, 0.25) is 0 Å². The molecule has 1 aliphatic heterocycles. The first-order valence-electron chi connectivity index (χ1n) is 10.6. The summed E-state index contributed by atoms with van der Waals surface area (Å²) < 4.78 is 33.1. The third kappa shape index (κ3) is 3.04. The van der Waals surface area contributed by atoms with Gasteiger partial charge in [-0.25, -0.2) is 13.6 Å². The van der Waals surface area contributed by atoms with Crippen molar-refractivity contribution in [1.29, 1.82) is 0 Å². The smallest absolute Gasteiger partial charge is 0.328 e. The molecule has 2 aromatic carbocycles. The number of nitrogens with zero attached hydrogens (tertiary/aromatic N) is 5. The first kappa shape index (κ1) is 20.5. The molecular formula is C24H25F2N5O. The zero-order valence-corrected chi connectivity index (χ0v) is 18.6. The minimum atomic E-state index is -2.60. The highest BCUT2D eigenvalue weighted by molar-refractivity contribution is 5.86. The molecule has 0 radical (unpaired) electrons. The summed E-state index contributed by atoms with van der Waals surface area (Å²) in [7, 11) is 5.30. The first-order chi connectivity index (χ1) is 15.3. The van der Waals surface area contributed by atoms with Crippen LogP contribution < -0.4 is 10.6 Å². The van der Waals surface area contributed by atoms with Crippen LogP contribution in [0.1, 0.15) is 29.5 Å². The molecule has 166 valence electrons. The lowest BCUT2D eigenvalue weighted by atomic mass is 9.92. The van der Waals surface area contributed by atoms with Crippen molar-refractivity contribution in [2.75, 3.05) is 11.4 Å². The van der Waals surface area contributed by atoms with Gasteiger partial charge in [0.1, 0.15) is 0 Å². The number of rotatable bonds is 3. The molecule has 0 fully saturated rings. The van der Waals surface area contributed by atoms with Crippen LogP contribution in [-0.2, 0) is 27.6 Å². The average molecular weight is 437 g/mol. The Hall–Kier alpha value is -3.42. The molecule has 32 heavy (non-hydrogen) atoms. The molecule has 6 nitrogen and oxygen atoms in total. The van der Waals surface area contributed by atoms with Gasteiger partial charge in [-0.1, -0.05) is 0 Å². The van der Waals surface area contributed by atoms with E-state index in [0.29, 0.717) is 11.1 Å². The SMILES string of the molecule is Cc1cc(N2CCCc3cc(-c4cnn(C)c4)c(C(F)F)cc32)cc2c1n(C)c(=O)n2C. The molecule has 0 bridgehead atoms. The number of imidazole rings is 1. The van der Waals surface area contributed by atoms with Gasteiger partial charge in [-0.05, 0) is 60.7 Å². The van der Waals surface area contributed by atoms with Crippen LogP contribution in [0.4, 0.5) is 20.2 Å². The summed E-state index contributed by atoms with van der Waals surface area (Å²) in [5, 5.41) is 4.16. The fourth-order valence-corrected chi connectivity index (χ4v) is 4.92. The van der Waals surface area contributed by atoms with Crippen LogP contribution in [0.5, 0.6) is 0 Å². The number of benzene rings is 2. The van der Waals surface area contributed by atoms with Crippen molar-refractivity contribution < 1.29 is 8.78 Å². The summed E-state index contributed by atoms with van der Waals surface area (Å²) in [5.41, 5.74) is 6.61. The van der Waals surface area contributed by atoms with Crippen molar-refractivity contribution in [2.45, 2.75) is 26.2 Å². The third-order valence-corrected chi connectivity index (χ3v) is 6.47. The summed E-state index contributed by atoms with van der Waals surface area (Å²) in [6.07, 6.45) is 2.54. The molecule has 0 amide bonds. The molecule has 5 rings (SSSR count). The van der Waals surface area contributed by atoms with Gasteiger partial charge in [-0.2, -0.15) is 5.10 Å². The lowest BCUT2D eigenvalue weighted by Crippen LogP contribution is -2.25. The van der Waals surface area contributed by atoms with Gasteiger partial charge in [-0.15, -0.1) is 0 Å². The number of hydrogen-bond donors (Lipinski definition) is 0. The molecular weight excluding hydrogens is 412 g/mol. The number of hydrogen-bond acceptors (Lipinski definition) is 3. The van der Waals surface area contributed by atoms with E-state index in [1.807, 2.05) is 25.1 Å². The van der Waals surface area contributed by atoms with E-state index in [4.69, 9.17) is 0 Å². The highest BCUT2D eigenvalue weighted by Crippen LogP contribution is 2.42. The Kier molecular flexibility index (Phi) is 4.69. The molecule has 1 aliphatic rings. The summed E-state index contributed by atoms with van der Waals surface area (Å²) in [6, 6.07) is 7.54. The number of alkyl halides is 2. The number of fused-ring (bicyclic) bond motifs is 2. The fraction of sp³-hybridized carbons (Fsp3) is 0.333. The van der Waals surface area contributed by atoms with Gasteiger partial charge < -0.3 is 4.90 Å². The Balaban J connectivity index is 1.69. The van der Waals surface area contributed by atoms with Crippen molar-refractivity contribution in [2.24, 2.45) is 21.1 Å². The molecule has 0 unspecified atom stereocenters. The normalized spacial score (nSPS) is 13.9. The highest BCUT2D eigenvalue weighted by atomic mass is 19.3. The molecule has 0 atom stereocenters. The Morgan fingerprint density at radius 1 is 1.06 bits per heavy atom. The lowest BCUT2D eigenvalue weighted by Gasteiger charge is -2.33. The predicted molar refractivity (Wildman–Crippen MR) is 122 cm³/mol. The second-order valence-electron chi connectivity index (χ2n) is 8.56. The van der Waals surface area contributed by atoms with Crippen LogP contribution >= 0.6 is 0 Å². The maximum Gasteiger partial charge on any atom is 0.328 e. The van der Waals surface area contributed by atoms with E-state index in [9.17, 15) is 13.6 Å². The Morgan fingerprint density at radius 3 is 2.53 bits per heavy atom. The van der Waals surface area contributed by atoms with E-state index in [1.54, 1.807) is 53.4 Å². The van der Waals surface area contributed by atoms with Gasteiger partial charge in [0.05, 0.1) is 17.2 Å². The average Bonchev–Trinajstić information content (AvgIpc) is 3.29. The third-order valence-electron chi connectivity index (χ3n) is 6.47. The highest BCUT2D eigenvalue weighted by Gasteiger charge is 2.25. The Bertz CT molecular complexity index is 1410. The molecule has 0 N–H and O–H groups in total. The van der Waals surface area contributed by atoms with Crippen LogP contribution in [-0.4, -0.2) is 25.5 Å². The minimum absolute atomic E-state index is 0.00793. The van der Waals surface area contributed by atoms with Crippen LogP contribution in [0.2, 0.25) is 0 Å². The van der Waals surface area contributed by atoms with Crippen LogP contribution in [0, 0.1) is 6.92 Å². The largest absolute Gasteiger partial charge is 0.341 e. The molecule has 0 spiro atoms. The Morgan fingerprint density at radius 2 is 1.84 bits per heavy atom. The quantitative estimate of drug-likeness (QED) is 0.470. The first-order valence-corrected chi connectivity index (χ1v) is 10.6. The molecule has 8 heteroatoms. The van der Waals surface area contributed by atoms with Gasteiger partial charge in [-0.3, -0.25) is 13.8 Å². The van der Waals surface area contributed by atoms with Crippen molar-refractivity contribution >= 4 is 22.4 Å². The van der Waals surface area contributed by atoms with Crippen molar-refractivity contribution in [1.82, 2.24) is 18.9 Å². The second kappa shape index (κ2) is 7.32. The van der Waals surface area contributed by atoms with E-state index >= 15 is 0 Å². The van der Waals surface area contributed by atoms with Crippen molar-refractivity contribution in [3.8, 4) is 11.1 Å². The summed E-state index contributed by atoms with van der Waals surface area (Å²) >= 11 is 0. The van der Waals surface area contributed by atoms with E-state index < -0.39 is 6.43 Å². The molecule has 2 aromatic heterocycles. The van der Waals surface area contributed by atoms with Crippen molar-refractivity contribution in [3.05, 3.63) is 63.8 Å².